The molecule has 5 nitrogen and oxygen atoms in total. The van der Waals surface area contributed by atoms with Gasteiger partial charge >= 0.3 is 5.97 Å². The van der Waals surface area contributed by atoms with Crippen molar-refractivity contribution in [3.63, 3.8) is 0 Å². The maximum Gasteiger partial charge on any atom is 0.341 e. The molecule has 0 radical (unpaired) electrons. The van der Waals surface area contributed by atoms with Gasteiger partial charge in [0.1, 0.15) is 5.00 Å². The van der Waals surface area contributed by atoms with Crippen LogP contribution in [0.1, 0.15) is 40.6 Å². The van der Waals surface area contributed by atoms with Crippen LogP contribution in [0.25, 0.3) is 0 Å². The van der Waals surface area contributed by atoms with Crippen LogP contribution < -0.4 is 5.32 Å². The summed E-state index contributed by atoms with van der Waals surface area (Å²) < 4.78 is 5.04. The Labute approximate surface area is 114 Å². The Morgan fingerprint density at radius 3 is 2.79 bits per heavy atom. The van der Waals surface area contributed by atoms with Gasteiger partial charge in [-0.2, -0.15) is 0 Å². The van der Waals surface area contributed by atoms with Crippen LogP contribution in [0.5, 0.6) is 0 Å². The highest BCUT2D eigenvalue weighted by atomic mass is 32.1. The van der Waals surface area contributed by atoms with Crippen molar-refractivity contribution in [2.24, 2.45) is 0 Å². The number of hydrogen-bond acceptors (Lipinski definition) is 5. The molecular formula is C13H15NO4S. The van der Waals surface area contributed by atoms with Crippen LogP contribution in [0.4, 0.5) is 5.00 Å². The van der Waals surface area contributed by atoms with Crippen molar-refractivity contribution in [1.29, 1.82) is 0 Å². The van der Waals surface area contributed by atoms with E-state index < -0.39 is 11.9 Å². The zero-order valence-corrected chi connectivity index (χ0v) is 11.5. The van der Waals surface area contributed by atoms with Gasteiger partial charge in [-0.05, 0) is 38.2 Å². The second-order valence-corrected chi connectivity index (χ2v) is 5.35. The minimum Gasteiger partial charge on any atom is -0.462 e. The van der Waals surface area contributed by atoms with Gasteiger partial charge in [0.2, 0.25) is 6.29 Å². The molecule has 0 fully saturated rings. The van der Waals surface area contributed by atoms with Gasteiger partial charge in [-0.25, -0.2) is 4.79 Å². The molecule has 0 bridgehead atoms. The molecule has 1 aromatic heterocycles. The molecule has 1 N–H and O–H groups in total. The molecule has 0 unspecified atom stereocenters. The van der Waals surface area contributed by atoms with Gasteiger partial charge in [-0.3, -0.25) is 9.59 Å². The number of fused-ring (bicyclic) bond motifs is 1. The fourth-order valence-electron chi connectivity index (χ4n) is 2.21. The second kappa shape index (κ2) is 5.97. The molecule has 0 saturated heterocycles. The van der Waals surface area contributed by atoms with Gasteiger partial charge in [0.15, 0.2) is 0 Å². The molecule has 6 heteroatoms. The van der Waals surface area contributed by atoms with E-state index in [0.29, 0.717) is 10.6 Å². The number of aryl methyl sites for hydroxylation is 1. The predicted octanol–water partition coefficient (Wildman–Crippen LogP) is 1.94. The molecule has 0 aliphatic heterocycles. The number of rotatable bonds is 4. The molecule has 0 spiro atoms. The lowest BCUT2D eigenvalue weighted by atomic mass is 9.95. The SMILES string of the molecule is CCOC(=O)c1c(NC(=O)C=O)sc2c1CCCC2. The van der Waals surface area contributed by atoms with Crippen molar-refractivity contribution in [3.05, 3.63) is 16.0 Å². The number of ether oxygens (including phenoxy) is 1. The largest absolute Gasteiger partial charge is 0.462 e. The first-order chi connectivity index (χ1) is 9.17. The summed E-state index contributed by atoms with van der Waals surface area (Å²) in [5.41, 5.74) is 1.40. The smallest absolute Gasteiger partial charge is 0.341 e. The van der Waals surface area contributed by atoms with Gasteiger partial charge in [-0.1, -0.05) is 0 Å². The lowest BCUT2D eigenvalue weighted by molar-refractivity contribution is -0.127. The van der Waals surface area contributed by atoms with Crippen LogP contribution in [0.2, 0.25) is 0 Å². The molecule has 0 atom stereocenters. The Morgan fingerprint density at radius 2 is 2.11 bits per heavy atom. The molecule has 0 saturated carbocycles. The molecule has 1 aliphatic carbocycles. The molecule has 1 heterocycles. The van der Waals surface area contributed by atoms with Crippen molar-refractivity contribution in [2.75, 3.05) is 11.9 Å². The number of carbonyl (C=O) groups is 3. The molecule has 1 aromatic rings. The number of aldehydes is 1. The highest BCUT2D eigenvalue weighted by Crippen LogP contribution is 2.38. The third kappa shape index (κ3) is 2.84. The van der Waals surface area contributed by atoms with E-state index in [9.17, 15) is 14.4 Å². The highest BCUT2D eigenvalue weighted by molar-refractivity contribution is 7.17. The highest BCUT2D eigenvalue weighted by Gasteiger charge is 2.26. The number of anilines is 1. The monoisotopic (exact) mass is 281 g/mol. The Morgan fingerprint density at radius 1 is 1.37 bits per heavy atom. The number of esters is 1. The Kier molecular flexibility index (Phi) is 4.31. The summed E-state index contributed by atoms with van der Waals surface area (Å²) >= 11 is 1.37. The zero-order chi connectivity index (χ0) is 13.8. The molecular weight excluding hydrogens is 266 g/mol. The van der Waals surface area contributed by atoms with Gasteiger partial charge in [0.25, 0.3) is 5.91 Å². The lowest BCUT2D eigenvalue weighted by Gasteiger charge is -2.12. The average Bonchev–Trinajstić information content (AvgIpc) is 2.76. The van der Waals surface area contributed by atoms with E-state index in [0.717, 1.165) is 36.1 Å². The van der Waals surface area contributed by atoms with E-state index in [1.54, 1.807) is 6.92 Å². The van der Waals surface area contributed by atoms with E-state index in [1.165, 1.54) is 11.3 Å². The van der Waals surface area contributed by atoms with E-state index in [-0.39, 0.29) is 12.9 Å². The number of amides is 1. The standard InChI is InChI=1S/C13H15NO4S/c1-2-18-13(17)11-8-5-3-4-6-9(8)19-12(11)14-10(16)7-15/h7H,2-6H2,1H3,(H,14,16). The van der Waals surface area contributed by atoms with Crippen LogP contribution in [0, 0.1) is 0 Å². The van der Waals surface area contributed by atoms with E-state index in [1.807, 2.05) is 0 Å². The van der Waals surface area contributed by atoms with Crippen LogP contribution in [-0.2, 0) is 27.2 Å². The Hall–Kier alpha value is -1.69. The first-order valence-corrected chi connectivity index (χ1v) is 7.06. The zero-order valence-electron chi connectivity index (χ0n) is 10.7. The van der Waals surface area contributed by atoms with Crippen molar-refractivity contribution < 1.29 is 19.1 Å². The van der Waals surface area contributed by atoms with Crippen LogP contribution in [-0.4, -0.2) is 24.8 Å². The van der Waals surface area contributed by atoms with E-state index in [4.69, 9.17) is 4.74 Å². The number of hydrogen-bond donors (Lipinski definition) is 1. The molecule has 102 valence electrons. The summed E-state index contributed by atoms with van der Waals surface area (Å²) in [6.45, 7) is 2.02. The predicted molar refractivity (Wildman–Crippen MR) is 71.6 cm³/mol. The fraction of sp³-hybridized carbons (Fsp3) is 0.462. The van der Waals surface area contributed by atoms with Crippen molar-refractivity contribution in [2.45, 2.75) is 32.6 Å². The van der Waals surface area contributed by atoms with Crippen molar-refractivity contribution in [1.82, 2.24) is 0 Å². The van der Waals surface area contributed by atoms with Gasteiger partial charge in [0.05, 0.1) is 12.2 Å². The normalized spacial score (nSPS) is 13.5. The summed E-state index contributed by atoms with van der Waals surface area (Å²) in [7, 11) is 0. The third-order valence-electron chi connectivity index (χ3n) is 2.99. The van der Waals surface area contributed by atoms with Gasteiger partial charge in [-0.15, -0.1) is 11.3 Å². The Bertz CT molecular complexity index is 521. The molecule has 0 aromatic carbocycles. The van der Waals surface area contributed by atoms with Crippen LogP contribution in [0.3, 0.4) is 0 Å². The number of carbonyl (C=O) groups excluding carboxylic acids is 3. The topological polar surface area (TPSA) is 72.5 Å². The van der Waals surface area contributed by atoms with E-state index in [2.05, 4.69) is 5.32 Å². The maximum atomic E-state index is 12.0. The number of thiophene rings is 1. The fourth-order valence-corrected chi connectivity index (χ4v) is 3.49. The molecule has 19 heavy (non-hydrogen) atoms. The molecule has 1 aliphatic rings. The summed E-state index contributed by atoms with van der Waals surface area (Å²) in [5, 5.41) is 2.90. The first kappa shape index (κ1) is 13.7. The van der Waals surface area contributed by atoms with Crippen molar-refractivity contribution in [3.8, 4) is 0 Å². The maximum absolute atomic E-state index is 12.0. The average molecular weight is 281 g/mol. The first-order valence-electron chi connectivity index (χ1n) is 6.25. The van der Waals surface area contributed by atoms with Gasteiger partial charge in [0, 0.05) is 4.88 Å². The van der Waals surface area contributed by atoms with Crippen LogP contribution in [0.15, 0.2) is 0 Å². The minimum atomic E-state index is -0.746. The van der Waals surface area contributed by atoms with Crippen molar-refractivity contribution >= 4 is 34.5 Å². The quantitative estimate of drug-likeness (QED) is 0.520. The molecule has 1 amide bonds. The Balaban J connectivity index is 2.40. The molecule has 2 rings (SSSR count). The minimum absolute atomic E-state index is 0.202. The van der Waals surface area contributed by atoms with Gasteiger partial charge < -0.3 is 10.1 Å². The number of nitrogens with one attached hydrogen (secondary N) is 1. The summed E-state index contributed by atoms with van der Waals surface area (Å²) in [6.07, 6.45) is 4.03. The van der Waals surface area contributed by atoms with Crippen LogP contribution >= 0.6 is 11.3 Å². The summed E-state index contributed by atoms with van der Waals surface area (Å²) in [4.78, 5) is 34.8. The third-order valence-corrected chi connectivity index (χ3v) is 4.20. The van der Waals surface area contributed by atoms with E-state index >= 15 is 0 Å². The lowest BCUT2D eigenvalue weighted by Crippen LogP contribution is -2.16. The second-order valence-electron chi connectivity index (χ2n) is 4.24. The summed E-state index contributed by atoms with van der Waals surface area (Å²) in [6, 6.07) is 0. The summed E-state index contributed by atoms with van der Waals surface area (Å²) in [5.74, 6) is -1.17.